The van der Waals surface area contributed by atoms with E-state index in [4.69, 9.17) is 19.4 Å². The molecule has 0 saturated carbocycles. The van der Waals surface area contributed by atoms with Crippen LogP contribution in [0.25, 0.3) is 5.69 Å². The molecule has 2 saturated heterocycles. The van der Waals surface area contributed by atoms with Crippen LogP contribution in [-0.2, 0) is 30.3 Å². The number of amides is 2. The molecular formula is C32H47FN6O7. The summed E-state index contributed by atoms with van der Waals surface area (Å²) in [6.07, 6.45) is 3.99. The molecule has 2 atom stereocenters. The number of rotatable bonds is 10. The fourth-order valence-electron chi connectivity index (χ4n) is 5.17. The number of benzene rings is 1. The average Bonchev–Trinajstić information content (AvgIpc) is 3.46. The highest BCUT2D eigenvalue weighted by molar-refractivity contribution is 5.94. The second kappa shape index (κ2) is 20.7. The highest BCUT2D eigenvalue weighted by Gasteiger charge is 2.37. The van der Waals surface area contributed by atoms with E-state index in [9.17, 15) is 18.8 Å². The van der Waals surface area contributed by atoms with E-state index in [0.717, 1.165) is 18.9 Å². The Balaban J connectivity index is 0.00000106. The molecule has 2 aliphatic heterocycles. The summed E-state index contributed by atoms with van der Waals surface area (Å²) in [4.78, 5) is 56.5. The number of nitrogens with one attached hydrogen (secondary N) is 1. The first-order valence-electron chi connectivity index (χ1n) is 15.0. The molecule has 14 heteroatoms. The Kier molecular flexibility index (Phi) is 17.9. The van der Waals surface area contributed by atoms with Crippen molar-refractivity contribution in [2.24, 2.45) is 11.8 Å². The van der Waals surface area contributed by atoms with Crippen molar-refractivity contribution in [1.82, 2.24) is 30.1 Å². The van der Waals surface area contributed by atoms with Gasteiger partial charge in [-0.25, -0.2) is 13.9 Å². The Morgan fingerprint density at radius 1 is 1.22 bits per heavy atom. The number of carboxylic acid groups (broad SMARTS) is 1. The summed E-state index contributed by atoms with van der Waals surface area (Å²) < 4.78 is 21.5. The van der Waals surface area contributed by atoms with Gasteiger partial charge in [-0.05, 0) is 37.3 Å². The van der Waals surface area contributed by atoms with Gasteiger partial charge in [0.2, 0.25) is 5.91 Å². The zero-order valence-corrected chi connectivity index (χ0v) is 26.1. The summed E-state index contributed by atoms with van der Waals surface area (Å²) in [7, 11) is 0. The van der Waals surface area contributed by atoms with E-state index >= 15 is 0 Å². The zero-order chi connectivity index (χ0) is 33.4. The van der Waals surface area contributed by atoms with E-state index in [1.807, 2.05) is 9.80 Å². The van der Waals surface area contributed by atoms with Gasteiger partial charge in [-0.2, -0.15) is 9.59 Å². The van der Waals surface area contributed by atoms with Crippen molar-refractivity contribution in [3.05, 3.63) is 54.1 Å². The number of carboxylic acids is 1. The van der Waals surface area contributed by atoms with Gasteiger partial charge in [0.1, 0.15) is 11.5 Å². The van der Waals surface area contributed by atoms with Crippen molar-refractivity contribution in [1.29, 1.82) is 0 Å². The van der Waals surface area contributed by atoms with Crippen LogP contribution in [0, 0.1) is 17.7 Å². The monoisotopic (exact) mass is 646 g/mol. The highest BCUT2D eigenvalue weighted by atomic mass is 19.1. The summed E-state index contributed by atoms with van der Waals surface area (Å²) >= 11 is 0. The minimum Gasteiger partial charge on any atom is -0.478 e. The van der Waals surface area contributed by atoms with E-state index < -0.39 is 11.8 Å². The molecule has 2 aromatic rings. The van der Waals surface area contributed by atoms with Crippen LogP contribution < -0.4 is 5.32 Å². The van der Waals surface area contributed by atoms with Crippen molar-refractivity contribution >= 4 is 23.9 Å². The Bertz CT molecular complexity index is 1310. The summed E-state index contributed by atoms with van der Waals surface area (Å²) in [5.74, 6) is -1.47. The van der Waals surface area contributed by atoms with Gasteiger partial charge in [0.15, 0.2) is 5.69 Å². The Labute approximate surface area is 269 Å². The highest BCUT2D eigenvalue weighted by Crippen LogP contribution is 2.24. The molecule has 0 aliphatic carbocycles. The maximum absolute atomic E-state index is 14.6. The molecular weight excluding hydrogens is 599 g/mol. The number of aromatic nitrogens is 3. The number of para-hydroxylation sites is 1. The molecule has 0 spiro atoms. The lowest BCUT2D eigenvalue weighted by Gasteiger charge is -2.40. The predicted molar refractivity (Wildman–Crippen MR) is 168 cm³/mol. The number of hydrogen-bond donors (Lipinski definition) is 2. The van der Waals surface area contributed by atoms with Gasteiger partial charge in [-0.3, -0.25) is 9.59 Å². The van der Waals surface area contributed by atoms with E-state index in [-0.39, 0.29) is 54.7 Å². The number of piperidine rings is 1. The largest absolute Gasteiger partial charge is 0.478 e. The molecule has 1 aromatic heterocycles. The smallest absolute Gasteiger partial charge is 0.373 e. The second-order valence-corrected chi connectivity index (χ2v) is 11.0. The SMILES string of the molecule is C.C=CC(=O)O.CCCCc1c(C(=O)N(CC(C)C)[C@@H]2CNC[C@H](C(=O)N3CCOCC3)C2)nnn1-c1ccccc1F.O=C=O. The molecule has 1 aromatic carbocycles. The number of morpholine rings is 1. The van der Waals surface area contributed by atoms with E-state index in [0.29, 0.717) is 64.5 Å². The maximum atomic E-state index is 14.6. The maximum Gasteiger partial charge on any atom is 0.373 e. The van der Waals surface area contributed by atoms with Crippen LogP contribution in [0.4, 0.5) is 4.39 Å². The number of ether oxygens (including phenoxy) is 1. The van der Waals surface area contributed by atoms with Crippen LogP contribution >= 0.6 is 0 Å². The number of nitrogens with zero attached hydrogens (tertiary/aromatic N) is 5. The van der Waals surface area contributed by atoms with Crippen molar-refractivity contribution in [2.75, 3.05) is 45.9 Å². The molecule has 2 aliphatic rings. The minimum absolute atomic E-state index is 0. The Morgan fingerprint density at radius 2 is 1.85 bits per heavy atom. The van der Waals surface area contributed by atoms with E-state index in [1.54, 1.807) is 18.2 Å². The van der Waals surface area contributed by atoms with Gasteiger partial charge in [0.05, 0.1) is 24.8 Å². The third-order valence-corrected chi connectivity index (χ3v) is 7.25. The van der Waals surface area contributed by atoms with Gasteiger partial charge >= 0.3 is 12.1 Å². The van der Waals surface area contributed by atoms with Crippen LogP contribution in [0.3, 0.4) is 0 Å². The first-order valence-corrected chi connectivity index (χ1v) is 15.0. The molecule has 0 unspecified atom stereocenters. The molecule has 2 amide bonds. The predicted octanol–water partition coefficient (Wildman–Crippen LogP) is 2.99. The summed E-state index contributed by atoms with van der Waals surface area (Å²) in [5.41, 5.74) is 1.17. The van der Waals surface area contributed by atoms with Crippen LogP contribution in [0.1, 0.15) is 63.6 Å². The number of carbonyl (C=O) groups is 3. The summed E-state index contributed by atoms with van der Waals surface area (Å²) in [6.45, 7) is 13.2. The third-order valence-electron chi connectivity index (χ3n) is 7.25. The molecule has 46 heavy (non-hydrogen) atoms. The molecule has 2 fully saturated rings. The fraction of sp³-hybridized carbons (Fsp3) is 0.562. The number of hydrogen-bond acceptors (Lipinski definition) is 9. The van der Waals surface area contributed by atoms with Gasteiger partial charge < -0.3 is 25.0 Å². The molecule has 254 valence electrons. The Hall–Kier alpha value is -4.26. The van der Waals surface area contributed by atoms with Gasteiger partial charge in [-0.1, -0.05) is 58.5 Å². The topological polar surface area (TPSA) is 164 Å². The normalized spacial score (nSPS) is 17.2. The van der Waals surface area contributed by atoms with Gasteiger partial charge in [-0.15, -0.1) is 5.10 Å². The molecule has 13 nitrogen and oxygen atoms in total. The lowest BCUT2D eigenvalue weighted by atomic mass is 9.92. The van der Waals surface area contributed by atoms with Gasteiger partial charge in [0, 0.05) is 44.8 Å². The average molecular weight is 647 g/mol. The molecule has 4 rings (SSSR count). The first kappa shape index (κ1) is 39.8. The van der Waals surface area contributed by atoms with E-state index in [1.165, 1.54) is 10.7 Å². The van der Waals surface area contributed by atoms with Crippen LogP contribution in [0.5, 0.6) is 0 Å². The molecule has 0 bridgehead atoms. The number of carbonyl (C=O) groups excluding carboxylic acids is 4. The third kappa shape index (κ3) is 11.6. The second-order valence-electron chi connectivity index (χ2n) is 11.0. The summed E-state index contributed by atoms with van der Waals surface area (Å²) in [5, 5.41) is 19.5. The molecule has 2 N–H and O–H groups in total. The minimum atomic E-state index is -0.981. The van der Waals surface area contributed by atoms with Crippen LogP contribution in [-0.4, -0.2) is 106 Å². The quantitative estimate of drug-likeness (QED) is 0.367. The van der Waals surface area contributed by atoms with Crippen molar-refractivity contribution in [3.8, 4) is 5.69 Å². The van der Waals surface area contributed by atoms with Gasteiger partial charge in [0.25, 0.3) is 5.91 Å². The summed E-state index contributed by atoms with van der Waals surface area (Å²) in [6, 6.07) is 6.24. The fourth-order valence-corrected chi connectivity index (χ4v) is 5.17. The van der Waals surface area contributed by atoms with Crippen LogP contribution in [0.2, 0.25) is 0 Å². The zero-order valence-electron chi connectivity index (χ0n) is 26.1. The van der Waals surface area contributed by atoms with E-state index in [2.05, 4.69) is 43.0 Å². The number of unbranched alkanes of at least 4 members (excludes halogenated alkanes) is 1. The number of aliphatic carboxylic acids is 1. The molecule has 3 heterocycles. The standard InChI is InChI=1S/C27H39FN6O3.C3H4O2.CO2.CH4/c1-4-5-9-24-25(30-31-34(24)23-10-7-6-8-22(23)28)27(36)33(18-19(2)3)21-15-20(16-29-17-21)26(35)32-11-13-37-14-12-32;1-2-3(4)5;2-1-3;/h6-8,10,19-21,29H,4-5,9,11-18H2,1-3H3;2H,1H2,(H,4,5);;1H4/t20-,21+;;;/m1.../s1. The lowest BCUT2D eigenvalue weighted by molar-refractivity contribution is -0.191. The lowest BCUT2D eigenvalue weighted by Crippen LogP contribution is -2.56. The number of halogens is 1. The van der Waals surface area contributed by atoms with Crippen molar-refractivity contribution < 1.29 is 38.2 Å². The molecule has 0 radical (unpaired) electrons. The van der Waals surface area contributed by atoms with Crippen molar-refractivity contribution in [3.63, 3.8) is 0 Å². The first-order chi connectivity index (χ1) is 21.6. The van der Waals surface area contributed by atoms with Crippen molar-refractivity contribution in [2.45, 2.75) is 59.9 Å². The van der Waals surface area contributed by atoms with Crippen LogP contribution in [0.15, 0.2) is 36.9 Å². The Morgan fingerprint density at radius 3 is 2.41 bits per heavy atom.